The van der Waals surface area contributed by atoms with Crippen molar-refractivity contribution in [1.29, 1.82) is 0 Å². The van der Waals surface area contributed by atoms with Gasteiger partial charge in [0.25, 0.3) is 0 Å². The van der Waals surface area contributed by atoms with E-state index >= 15 is 0 Å². The maximum Gasteiger partial charge on any atom is 0.416 e. The average molecular weight is 813 g/mol. The molecule has 0 bridgehead atoms. The normalized spacial score (nSPS) is 15.5. The summed E-state index contributed by atoms with van der Waals surface area (Å²) in [6, 6.07) is 34.9. The predicted octanol–water partition coefficient (Wildman–Crippen LogP) is 10.8. The molecule has 237 valence electrons. The molecule has 2 aromatic heterocycles. The zero-order valence-electron chi connectivity index (χ0n) is 24.5. The quantitative estimate of drug-likeness (QED) is 0.0938. The number of benzene rings is 5. The molecule has 0 aliphatic heterocycles. The van der Waals surface area contributed by atoms with Crippen molar-refractivity contribution in [3.63, 3.8) is 0 Å². The van der Waals surface area contributed by atoms with Crippen molar-refractivity contribution in [1.82, 2.24) is 9.97 Å². The second-order valence-electron chi connectivity index (χ2n) is 11.2. The van der Waals surface area contributed by atoms with Gasteiger partial charge in [0.05, 0.1) is 11.0 Å². The predicted molar refractivity (Wildman–Crippen MR) is 167 cm³/mol. The molecule has 1 aliphatic rings. The Labute approximate surface area is 279 Å². The van der Waals surface area contributed by atoms with Crippen molar-refractivity contribution >= 4 is 32.4 Å². The molecule has 9 heteroatoms. The van der Waals surface area contributed by atoms with Gasteiger partial charge in [0.2, 0.25) is 0 Å². The largest absolute Gasteiger partial charge is 0.416 e. The minimum Gasteiger partial charge on any atom is -0.304 e. The SMILES string of the molecule is CC1(C(F)(F)F)c2cc(-c3cc4ccccc4cn3)[c-]cc2-c2ccc(C(F)(F)F)cc21.[Ir].[c-]1cccc2ccc3cccnc3c12. The van der Waals surface area contributed by atoms with Crippen LogP contribution >= 0.6 is 0 Å². The third-order valence-electron chi connectivity index (χ3n) is 8.55. The Hall–Kier alpha value is -4.59. The number of hydrogen-bond acceptors (Lipinski definition) is 2. The van der Waals surface area contributed by atoms with Gasteiger partial charge < -0.3 is 9.97 Å². The molecule has 1 unspecified atom stereocenters. The average Bonchev–Trinajstić information content (AvgIpc) is 3.32. The summed E-state index contributed by atoms with van der Waals surface area (Å²) in [7, 11) is 0. The molecule has 0 fully saturated rings. The van der Waals surface area contributed by atoms with E-state index in [4.69, 9.17) is 0 Å². The van der Waals surface area contributed by atoms with Crippen LogP contribution in [-0.2, 0) is 31.7 Å². The van der Waals surface area contributed by atoms with Crippen molar-refractivity contribution in [3.8, 4) is 22.4 Å². The van der Waals surface area contributed by atoms with Crippen LogP contribution in [0.2, 0.25) is 0 Å². The van der Waals surface area contributed by atoms with E-state index in [1.807, 2.05) is 48.7 Å². The first-order valence-corrected chi connectivity index (χ1v) is 14.3. The van der Waals surface area contributed by atoms with Gasteiger partial charge in [-0.15, -0.1) is 64.4 Å². The summed E-state index contributed by atoms with van der Waals surface area (Å²) in [6.07, 6.45) is -6.11. The molecule has 0 N–H and O–H groups in total. The van der Waals surface area contributed by atoms with Crippen molar-refractivity contribution < 1.29 is 46.4 Å². The first-order valence-electron chi connectivity index (χ1n) is 14.3. The Morgan fingerprint density at radius 2 is 1.36 bits per heavy atom. The molecule has 5 aromatic carbocycles. The van der Waals surface area contributed by atoms with Gasteiger partial charge in [-0.25, -0.2) is 0 Å². The van der Waals surface area contributed by atoms with E-state index in [0.717, 1.165) is 40.7 Å². The molecule has 0 saturated heterocycles. The number of hydrogen-bond donors (Lipinski definition) is 0. The fraction of sp³-hybridized carbons (Fsp3) is 0.105. The van der Waals surface area contributed by atoms with Gasteiger partial charge in [-0.3, -0.25) is 0 Å². The first-order chi connectivity index (χ1) is 21.9. The second kappa shape index (κ2) is 11.9. The number of aromatic nitrogens is 2. The molecular formula is C38H22F6IrN2-2. The molecule has 0 saturated carbocycles. The second-order valence-corrected chi connectivity index (χ2v) is 11.2. The number of halogens is 6. The number of rotatable bonds is 1. The van der Waals surface area contributed by atoms with Crippen molar-refractivity contribution in [2.24, 2.45) is 0 Å². The zero-order chi connectivity index (χ0) is 32.3. The standard InChI is InChI=1S/C25H14F6N.C13H8N.Ir/c1-23(25(29,30)31)20-10-15(22-11-14-4-2-3-5-16(14)13-32-22)6-8-18(20)19-9-7-17(12-21(19)23)24(26,27)28;1-2-6-12-10(4-1)7-8-11-5-3-9-14-13(11)12;/h2-5,7-13H,1H3;1-5,7-9H;/q2*-1;. The number of pyridine rings is 2. The third-order valence-corrected chi connectivity index (χ3v) is 8.55. The molecular weight excluding hydrogens is 791 g/mol. The molecule has 2 heterocycles. The smallest absolute Gasteiger partial charge is 0.304 e. The molecule has 47 heavy (non-hydrogen) atoms. The van der Waals surface area contributed by atoms with Crippen molar-refractivity contribution in [2.75, 3.05) is 0 Å². The molecule has 0 spiro atoms. The molecule has 7 aromatic rings. The van der Waals surface area contributed by atoms with E-state index in [1.54, 1.807) is 12.3 Å². The van der Waals surface area contributed by atoms with Crippen LogP contribution in [0.4, 0.5) is 26.3 Å². The Kier molecular flexibility index (Phi) is 8.19. The van der Waals surface area contributed by atoms with Crippen LogP contribution in [0.3, 0.4) is 0 Å². The maximum absolute atomic E-state index is 14.4. The van der Waals surface area contributed by atoms with E-state index in [1.165, 1.54) is 22.9 Å². The molecule has 8 rings (SSSR count). The minimum absolute atomic E-state index is 0. The Morgan fingerprint density at radius 1 is 0.660 bits per heavy atom. The number of nitrogens with zero attached hydrogens (tertiary/aromatic N) is 2. The van der Waals surface area contributed by atoms with Gasteiger partial charge in [0.1, 0.15) is 0 Å². The first kappa shape index (κ1) is 32.4. The summed E-state index contributed by atoms with van der Waals surface area (Å²) < 4.78 is 82.9. The monoisotopic (exact) mass is 813 g/mol. The molecule has 1 aliphatic carbocycles. The van der Waals surface area contributed by atoms with E-state index in [2.05, 4.69) is 46.4 Å². The van der Waals surface area contributed by atoms with Crippen LogP contribution in [-0.4, -0.2) is 16.1 Å². The summed E-state index contributed by atoms with van der Waals surface area (Å²) in [5.41, 5.74) is -2.07. The van der Waals surface area contributed by atoms with Crippen LogP contribution in [0.25, 0.3) is 54.8 Å². The third kappa shape index (κ3) is 5.57. The molecule has 1 atom stereocenters. The van der Waals surface area contributed by atoms with Gasteiger partial charge in [-0.05, 0) is 52.0 Å². The van der Waals surface area contributed by atoms with Gasteiger partial charge in [-0.2, -0.15) is 26.3 Å². The van der Waals surface area contributed by atoms with Gasteiger partial charge in [0.15, 0.2) is 0 Å². The number of fused-ring (bicyclic) bond motifs is 7. The fourth-order valence-electron chi connectivity index (χ4n) is 6.06. The van der Waals surface area contributed by atoms with Gasteiger partial charge >= 0.3 is 12.4 Å². The van der Waals surface area contributed by atoms with Crippen LogP contribution in [0, 0.1) is 12.1 Å². The summed E-state index contributed by atoms with van der Waals surface area (Å²) in [4.78, 5) is 8.72. The number of alkyl halides is 6. The van der Waals surface area contributed by atoms with Crippen molar-refractivity contribution in [2.45, 2.75) is 24.7 Å². The van der Waals surface area contributed by atoms with E-state index < -0.39 is 28.9 Å². The van der Waals surface area contributed by atoms with E-state index in [9.17, 15) is 26.3 Å². The maximum atomic E-state index is 14.4. The summed E-state index contributed by atoms with van der Waals surface area (Å²) in [6.45, 7) is 0.926. The van der Waals surface area contributed by atoms with Gasteiger partial charge in [0, 0.05) is 32.5 Å². The summed E-state index contributed by atoms with van der Waals surface area (Å²) in [5, 5.41) is 5.21. The minimum atomic E-state index is -4.81. The molecule has 1 radical (unpaired) electrons. The van der Waals surface area contributed by atoms with Crippen LogP contribution in [0.5, 0.6) is 0 Å². The van der Waals surface area contributed by atoms with Crippen LogP contribution in [0.15, 0.2) is 116 Å². The topological polar surface area (TPSA) is 25.8 Å². The van der Waals surface area contributed by atoms with Crippen molar-refractivity contribution in [3.05, 3.63) is 144 Å². The Morgan fingerprint density at radius 3 is 2.13 bits per heavy atom. The van der Waals surface area contributed by atoms with Crippen LogP contribution < -0.4 is 0 Å². The van der Waals surface area contributed by atoms with E-state index in [0.29, 0.717) is 17.3 Å². The van der Waals surface area contributed by atoms with Gasteiger partial charge in [-0.1, -0.05) is 71.8 Å². The fourth-order valence-corrected chi connectivity index (χ4v) is 6.06. The van der Waals surface area contributed by atoms with Crippen LogP contribution in [0.1, 0.15) is 23.6 Å². The zero-order valence-corrected chi connectivity index (χ0v) is 26.9. The Bertz CT molecular complexity index is 2220. The summed E-state index contributed by atoms with van der Waals surface area (Å²) >= 11 is 0. The molecule has 2 nitrogen and oxygen atoms in total. The summed E-state index contributed by atoms with van der Waals surface area (Å²) in [5.74, 6) is 0. The molecule has 0 amide bonds. The van der Waals surface area contributed by atoms with E-state index in [-0.39, 0.29) is 36.8 Å². The Balaban J connectivity index is 0.000000214.